The number of aromatic nitrogens is 2. The normalized spacial score (nSPS) is 10.8. The highest BCUT2D eigenvalue weighted by Gasteiger charge is 2.11. The van der Waals surface area contributed by atoms with E-state index in [1.807, 2.05) is 48.5 Å². The number of carbonyl (C=O) groups excluding carboxylic acids is 1. The van der Waals surface area contributed by atoms with E-state index in [9.17, 15) is 4.79 Å². The maximum Gasteiger partial charge on any atom is 0.251 e. The molecule has 0 fully saturated rings. The summed E-state index contributed by atoms with van der Waals surface area (Å²) in [4.78, 5) is 20.4. The van der Waals surface area contributed by atoms with Gasteiger partial charge in [0.1, 0.15) is 12.4 Å². The van der Waals surface area contributed by atoms with Crippen LogP contribution in [0.25, 0.3) is 11.0 Å². The molecule has 3 aromatic carbocycles. The molecule has 0 aliphatic rings. The molecular weight excluding hydrogens is 426 g/mol. The zero-order chi connectivity index (χ0) is 22.3. The molecule has 0 saturated heterocycles. The number of hydrogen-bond acceptors (Lipinski definition) is 4. The Labute approximate surface area is 191 Å². The minimum absolute atomic E-state index is 0.155. The van der Waals surface area contributed by atoms with Crippen molar-refractivity contribution in [2.75, 3.05) is 13.7 Å². The Morgan fingerprint density at radius 2 is 1.88 bits per heavy atom. The molecule has 0 radical (unpaired) electrons. The summed E-state index contributed by atoms with van der Waals surface area (Å²) in [5, 5.41) is 3.63. The van der Waals surface area contributed by atoms with Gasteiger partial charge in [-0.2, -0.15) is 0 Å². The lowest BCUT2D eigenvalue weighted by molar-refractivity contribution is 0.0952. The number of aromatic amines is 1. The molecule has 0 spiro atoms. The number of halogens is 1. The molecule has 2 N–H and O–H groups in total. The van der Waals surface area contributed by atoms with Crippen LogP contribution in [0, 0.1) is 0 Å². The number of nitrogens with one attached hydrogen (secondary N) is 2. The van der Waals surface area contributed by atoms with Crippen molar-refractivity contribution in [3.05, 3.63) is 88.7 Å². The molecule has 1 amide bonds. The van der Waals surface area contributed by atoms with E-state index in [1.165, 1.54) is 0 Å². The van der Waals surface area contributed by atoms with Crippen LogP contribution in [0.4, 0.5) is 0 Å². The molecule has 0 aliphatic heterocycles. The molecule has 0 saturated carbocycles. The van der Waals surface area contributed by atoms with Gasteiger partial charge in [-0.3, -0.25) is 4.79 Å². The van der Waals surface area contributed by atoms with E-state index < -0.39 is 0 Å². The molecule has 32 heavy (non-hydrogen) atoms. The van der Waals surface area contributed by atoms with Crippen LogP contribution >= 0.6 is 11.6 Å². The second kappa shape index (κ2) is 10.2. The van der Waals surface area contributed by atoms with Gasteiger partial charge in [0.2, 0.25) is 0 Å². The molecule has 1 aromatic heterocycles. The van der Waals surface area contributed by atoms with Crippen molar-refractivity contribution in [2.45, 2.75) is 19.4 Å². The third-order valence-corrected chi connectivity index (χ3v) is 5.30. The molecule has 0 bridgehead atoms. The van der Waals surface area contributed by atoms with Crippen LogP contribution in [0.2, 0.25) is 5.02 Å². The Bertz CT molecular complexity index is 1170. The standard InChI is InChI=1S/C25H24ClN3O3/c1-31-23-15-18(10-13-22(23)32-16-17-8-11-19(26)12-9-17)25(30)27-14-4-7-24-28-20-5-2-3-6-21(20)29-24/h2-3,5-6,8-13,15H,4,7,14,16H2,1H3,(H,27,30)(H,28,29). The maximum absolute atomic E-state index is 12.5. The summed E-state index contributed by atoms with van der Waals surface area (Å²) < 4.78 is 11.3. The average Bonchev–Trinajstić information content (AvgIpc) is 3.24. The molecular formula is C25H24ClN3O3. The minimum atomic E-state index is -0.155. The number of amides is 1. The van der Waals surface area contributed by atoms with Gasteiger partial charge in [-0.05, 0) is 54.4 Å². The van der Waals surface area contributed by atoms with Crippen molar-refractivity contribution in [3.8, 4) is 11.5 Å². The SMILES string of the molecule is COc1cc(C(=O)NCCCc2nc3ccccc3[nH]2)ccc1OCc1ccc(Cl)cc1. The van der Waals surface area contributed by atoms with E-state index in [-0.39, 0.29) is 5.91 Å². The largest absolute Gasteiger partial charge is 0.493 e. The van der Waals surface area contributed by atoms with Crippen LogP contribution in [0.15, 0.2) is 66.7 Å². The van der Waals surface area contributed by atoms with Gasteiger partial charge in [0, 0.05) is 23.6 Å². The lowest BCUT2D eigenvalue weighted by atomic mass is 10.1. The van der Waals surface area contributed by atoms with Crippen LogP contribution in [0.3, 0.4) is 0 Å². The number of aryl methyl sites for hydroxylation is 1. The molecule has 1 heterocycles. The average molecular weight is 450 g/mol. The summed E-state index contributed by atoms with van der Waals surface area (Å²) in [6.45, 7) is 0.924. The summed E-state index contributed by atoms with van der Waals surface area (Å²) >= 11 is 5.91. The van der Waals surface area contributed by atoms with E-state index in [4.69, 9.17) is 21.1 Å². The fourth-order valence-corrected chi connectivity index (χ4v) is 3.48. The summed E-state index contributed by atoms with van der Waals surface area (Å²) in [5.74, 6) is 1.85. The first kappa shape index (κ1) is 21.7. The van der Waals surface area contributed by atoms with E-state index in [1.54, 1.807) is 25.3 Å². The van der Waals surface area contributed by atoms with Crippen molar-refractivity contribution in [3.63, 3.8) is 0 Å². The van der Waals surface area contributed by atoms with E-state index in [0.717, 1.165) is 35.3 Å². The van der Waals surface area contributed by atoms with Crippen molar-refractivity contribution in [2.24, 2.45) is 0 Å². The van der Waals surface area contributed by atoms with Gasteiger partial charge in [-0.15, -0.1) is 0 Å². The highest BCUT2D eigenvalue weighted by atomic mass is 35.5. The van der Waals surface area contributed by atoms with Crippen molar-refractivity contribution in [1.82, 2.24) is 15.3 Å². The van der Waals surface area contributed by atoms with Crippen molar-refractivity contribution in [1.29, 1.82) is 0 Å². The van der Waals surface area contributed by atoms with E-state index >= 15 is 0 Å². The lowest BCUT2D eigenvalue weighted by Gasteiger charge is -2.12. The van der Waals surface area contributed by atoms with Gasteiger partial charge in [-0.1, -0.05) is 35.9 Å². The summed E-state index contributed by atoms with van der Waals surface area (Å²) in [5.41, 5.74) is 3.49. The number of carbonyl (C=O) groups is 1. The number of fused-ring (bicyclic) bond motifs is 1. The number of nitrogens with zero attached hydrogens (tertiary/aromatic N) is 1. The van der Waals surface area contributed by atoms with Gasteiger partial charge in [-0.25, -0.2) is 4.98 Å². The third-order valence-electron chi connectivity index (χ3n) is 5.05. The second-order valence-corrected chi connectivity index (χ2v) is 7.78. The predicted octanol–water partition coefficient (Wildman–Crippen LogP) is 5.17. The third kappa shape index (κ3) is 5.39. The molecule has 4 aromatic rings. The first-order valence-electron chi connectivity index (χ1n) is 10.4. The molecule has 164 valence electrons. The first-order valence-corrected chi connectivity index (χ1v) is 10.8. The zero-order valence-corrected chi connectivity index (χ0v) is 18.5. The second-order valence-electron chi connectivity index (χ2n) is 7.34. The van der Waals surface area contributed by atoms with Gasteiger partial charge >= 0.3 is 0 Å². The topological polar surface area (TPSA) is 76.2 Å². The molecule has 6 nitrogen and oxygen atoms in total. The summed E-state index contributed by atoms with van der Waals surface area (Å²) in [6.07, 6.45) is 1.54. The lowest BCUT2D eigenvalue weighted by Crippen LogP contribution is -2.24. The van der Waals surface area contributed by atoms with Crippen LogP contribution in [0.1, 0.15) is 28.2 Å². The fourth-order valence-electron chi connectivity index (χ4n) is 3.35. The highest BCUT2D eigenvalue weighted by Crippen LogP contribution is 2.29. The Balaban J connectivity index is 1.29. The number of imidazole rings is 1. The zero-order valence-electron chi connectivity index (χ0n) is 17.7. The van der Waals surface area contributed by atoms with Crippen molar-refractivity contribution < 1.29 is 14.3 Å². The van der Waals surface area contributed by atoms with E-state index in [0.29, 0.717) is 35.2 Å². The number of para-hydroxylation sites is 2. The molecule has 4 rings (SSSR count). The number of H-pyrrole nitrogens is 1. The van der Waals surface area contributed by atoms with Gasteiger partial charge < -0.3 is 19.8 Å². The van der Waals surface area contributed by atoms with Crippen LogP contribution in [0.5, 0.6) is 11.5 Å². The molecule has 0 atom stereocenters. The minimum Gasteiger partial charge on any atom is -0.493 e. The summed E-state index contributed by atoms with van der Waals surface area (Å²) in [6, 6.07) is 20.5. The molecule has 7 heteroatoms. The maximum atomic E-state index is 12.5. The molecule has 0 aliphatic carbocycles. The number of hydrogen-bond donors (Lipinski definition) is 2. The number of benzene rings is 3. The number of methoxy groups -OCH3 is 1. The summed E-state index contributed by atoms with van der Waals surface area (Å²) in [7, 11) is 1.56. The van der Waals surface area contributed by atoms with Gasteiger partial charge in [0.05, 0.1) is 18.1 Å². The quantitative estimate of drug-likeness (QED) is 0.346. The molecule has 0 unspecified atom stereocenters. The first-order chi connectivity index (χ1) is 15.6. The predicted molar refractivity (Wildman–Crippen MR) is 126 cm³/mol. The van der Waals surface area contributed by atoms with Gasteiger partial charge in [0.15, 0.2) is 11.5 Å². The Hall–Kier alpha value is -3.51. The smallest absolute Gasteiger partial charge is 0.251 e. The van der Waals surface area contributed by atoms with Gasteiger partial charge in [0.25, 0.3) is 5.91 Å². The Morgan fingerprint density at radius 3 is 2.66 bits per heavy atom. The van der Waals surface area contributed by atoms with E-state index in [2.05, 4.69) is 15.3 Å². The van der Waals surface area contributed by atoms with Crippen LogP contribution in [-0.2, 0) is 13.0 Å². The fraction of sp³-hybridized carbons (Fsp3) is 0.200. The van der Waals surface area contributed by atoms with Crippen molar-refractivity contribution >= 4 is 28.5 Å². The highest BCUT2D eigenvalue weighted by molar-refractivity contribution is 6.30. The Kier molecular flexibility index (Phi) is 6.92. The Morgan fingerprint density at radius 1 is 1.06 bits per heavy atom. The monoisotopic (exact) mass is 449 g/mol. The number of ether oxygens (including phenoxy) is 2. The van der Waals surface area contributed by atoms with Crippen LogP contribution < -0.4 is 14.8 Å². The number of rotatable bonds is 9. The van der Waals surface area contributed by atoms with Crippen LogP contribution in [-0.4, -0.2) is 29.5 Å².